The van der Waals surface area contributed by atoms with Gasteiger partial charge >= 0.3 is 0 Å². The van der Waals surface area contributed by atoms with E-state index >= 15 is 4.39 Å². The van der Waals surface area contributed by atoms with Gasteiger partial charge in [0.05, 0.1) is 29.8 Å². The largest absolute Gasteiger partial charge is 0.495 e. The zero-order chi connectivity index (χ0) is 23.3. The molecular formula is C23H24Cl2FN3O3. The smallest absolute Gasteiger partial charge is 0.222 e. The third-order valence-corrected chi connectivity index (χ3v) is 6.19. The highest BCUT2D eigenvalue weighted by atomic mass is 35.5. The van der Waals surface area contributed by atoms with Crippen LogP contribution in [0.1, 0.15) is 36.8 Å². The van der Waals surface area contributed by atoms with E-state index < -0.39 is 5.83 Å². The number of rotatable bonds is 9. The summed E-state index contributed by atoms with van der Waals surface area (Å²) in [5, 5.41) is 3.35. The Kier molecular flexibility index (Phi) is 8.10. The molecule has 0 saturated heterocycles. The van der Waals surface area contributed by atoms with E-state index in [9.17, 15) is 4.79 Å². The summed E-state index contributed by atoms with van der Waals surface area (Å²) in [7, 11) is 2.84. The second-order valence-electron chi connectivity index (χ2n) is 7.43. The second-order valence-corrected chi connectivity index (χ2v) is 8.19. The highest BCUT2D eigenvalue weighted by Gasteiger charge is 2.29. The van der Waals surface area contributed by atoms with Crippen molar-refractivity contribution in [1.29, 1.82) is 0 Å². The molecule has 0 bridgehead atoms. The Labute approximate surface area is 196 Å². The number of anilines is 1. The molecule has 6 nitrogen and oxygen atoms in total. The zero-order valence-electron chi connectivity index (χ0n) is 17.8. The topological polar surface area (TPSA) is 73.3 Å². The number of methoxy groups -OCH3 is 2. The van der Waals surface area contributed by atoms with Gasteiger partial charge in [-0.3, -0.25) is 4.79 Å². The fourth-order valence-corrected chi connectivity index (χ4v) is 4.46. The van der Waals surface area contributed by atoms with Gasteiger partial charge in [0.25, 0.3) is 0 Å². The normalized spacial score (nSPS) is 18.3. The minimum absolute atomic E-state index is 0.0343. The molecule has 9 heteroatoms. The van der Waals surface area contributed by atoms with Gasteiger partial charge in [0, 0.05) is 36.5 Å². The van der Waals surface area contributed by atoms with Gasteiger partial charge in [0.1, 0.15) is 17.3 Å². The summed E-state index contributed by atoms with van der Waals surface area (Å²) in [5.74, 6) is 0.470. The van der Waals surface area contributed by atoms with Crippen LogP contribution in [0.4, 0.5) is 10.3 Å². The first kappa shape index (κ1) is 24.0. The van der Waals surface area contributed by atoms with Crippen molar-refractivity contribution in [2.24, 2.45) is 5.92 Å². The Morgan fingerprint density at radius 3 is 2.41 bits per heavy atom. The number of carbonyl (C=O) groups excluding carboxylic acids is 1. The van der Waals surface area contributed by atoms with Crippen molar-refractivity contribution in [3.63, 3.8) is 0 Å². The monoisotopic (exact) mass is 479 g/mol. The van der Waals surface area contributed by atoms with Crippen LogP contribution in [0.3, 0.4) is 0 Å². The maximum atomic E-state index is 15.1. The number of allylic oxidation sites excluding steroid dienone is 1. The number of ether oxygens (including phenoxy) is 2. The van der Waals surface area contributed by atoms with Crippen molar-refractivity contribution in [2.45, 2.75) is 31.7 Å². The molecular weight excluding hydrogens is 456 g/mol. The summed E-state index contributed by atoms with van der Waals surface area (Å²) in [5.41, 5.74) is 0.388. The van der Waals surface area contributed by atoms with E-state index in [1.54, 1.807) is 0 Å². The summed E-state index contributed by atoms with van der Waals surface area (Å²) in [6.45, 7) is 3.54. The van der Waals surface area contributed by atoms with E-state index in [0.717, 1.165) is 19.3 Å². The first-order chi connectivity index (χ1) is 15.4. The number of benzene rings is 1. The first-order valence-corrected chi connectivity index (χ1v) is 10.8. The average Bonchev–Trinajstić information content (AvgIpc) is 3.21. The number of nitrogens with zero attached hydrogens (tertiary/aromatic N) is 2. The Bertz CT molecular complexity index is 1000. The molecule has 1 saturated carbocycles. The summed E-state index contributed by atoms with van der Waals surface area (Å²) < 4.78 is 25.4. The van der Waals surface area contributed by atoms with Crippen LogP contribution >= 0.6 is 23.2 Å². The third-order valence-electron chi connectivity index (χ3n) is 5.44. The lowest BCUT2D eigenvalue weighted by molar-refractivity contribution is -0.115. The standard InChI is InChI=1S/C23H24Cl2FN3O3/c1-4-15(30)9-14-6-5-7-17(14)29-23-27-11-13(12-28-23)8-16(26)20-21(24)18(31-2)10-19(32-3)22(20)25/h4,8,10-12,14,17H,1,5-7,9H2,2-3H3,(H,27,28,29)/b16-8-. The lowest BCUT2D eigenvalue weighted by Crippen LogP contribution is -2.26. The van der Waals surface area contributed by atoms with Crippen molar-refractivity contribution < 1.29 is 18.7 Å². The van der Waals surface area contributed by atoms with Crippen LogP contribution in [0.15, 0.2) is 31.1 Å². The Balaban J connectivity index is 1.78. The first-order valence-electron chi connectivity index (χ1n) is 10.1. The van der Waals surface area contributed by atoms with Gasteiger partial charge in [0.15, 0.2) is 5.78 Å². The van der Waals surface area contributed by atoms with Crippen LogP contribution in [0.25, 0.3) is 11.9 Å². The summed E-state index contributed by atoms with van der Waals surface area (Å²) in [6.07, 6.45) is 8.97. The third kappa shape index (κ3) is 5.40. The molecule has 1 heterocycles. The van der Waals surface area contributed by atoms with Crippen LogP contribution in [0.2, 0.25) is 10.0 Å². The molecule has 1 fully saturated rings. The SMILES string of the molecule is C=CC(=O)CC1CCCC1Nc1ncc(/C=C(\F)c2c(Cl)c(OC)cc(OC)c2Cl)cn1. The van der Waals surface area contributed by atoms with Gasteiger partial charge in [-0.25, -0.2) is 14.4 Å². The van der Waals surface area contributed by atoms with Crippen LogP contribution in [0.5, 0.6) is 11.5 Å². The summed E-state index contributed by atoms with van der Waals surface area (Å²) in [4.78, 5) is 20.3. The predicted molar refractivity (Wildman–Crippen MR) is 125 cm³/mol. The molecule has 0 aliphatic heterocycles. The van der Waals surface area contributed by atoms with Gasteiger partial charge in [-0.05, 0) is 30.9 Å². The van der Waals surface area contributed by atoms with Gasteiger partial charge in [-0.2, -0.15) is 0 Å². The molecule has 1 N–H and O–H groups in total. The molecule has 2 unspecified atom stereocenters. The van der Waals surface area contributed by atoms with Crippen molar-refractivity contribution in [2.75, 3.05) is 19.5 Å². The number of halogens is 3. The van der Waals surface area contributed by atoms with Crippen molar-refractivity contribution in [1.82, 2.24) is 9.97 Å². The second kappa shape index (κ2) is 10.8. The van der Waals surface area contributed by atoms with Gasteiger partial charge in [-0.15, -0.1) is 0 Å². The van der Waals surface area contributed by atoms with Crippen LogP contribution < -0.4 is 14.8 Å². The minimum Gasteiger partial charge on any atom is -0.495 e. The van der Waals surface area contributed by atoms with E-state index in [1.807, 2.05) is 0 Å². The number of nitrogens with one attached hydrogen (secondary N) is 1. The van der Waals surface area contributed by atoms with Crippen LogP contribution in [-0.2, 0) is 4.79 Å². The molecule has 1 aliphatic carbocycles. The molecule has 0 spiro atoms. The molecule has 2 aromatic rings. The van der Waals surface area contributed by atoms with E-state index in [2.05, 4.69) is 21.9 Å². The van der Waals surface area contributed by atoms with Crippen molar-refractivity contribution in [3.05, 3.63) is 52.3 Å². The molecule has 0 amide bonds. The van der Waals surface area contributed by atoms with Crippen LogP contribution in [0, 0.1) is 5.92 Å². The maximum absolute atomic E-state index is 15.1. The van der Waals surface area contributed by atoms with E-state index in [4.69, 9.17) is 32.7 Å². The van der Waals surface area contributed by atoms with Gasteiger partial charge in [-0.1, -0.05) is 36.2 Å². The van der Waals surface area contributed by atoms with E-state index in [0.29, 0.717) is 17.9 Å². The Morgan fingerprint density at radius 1 is 1.22 bits per heavy atom. The van der Waals surface area contributed by atoms with E-state index in [-0.39, 0.29) is 44.9 Å². The van der Waals surface area contributed by atoms with Crippen LogP contribution in [-0.4, -0.2) is 36.0 Å². The quantitative estimate of drug-likeness (QED) is 0.445. The highest BCUT2D eigenvalue weighted by Crippen LogP contribution is 2.44. The summed E-state index contributed by atoms with van der Waals surface area (Å²) >= 11 is 12.5. The minimum atomic E-state index is -0.680. The molecule has 1 aromatic carbocycles. The number of carbonyl (C=O) groups is 1. The molecule has 1 aromatic heterocycles. The van der Waals surface area contributed by atoms with Gasteiger partial charge < -0.3 is 14.8 Å². The Hall–Kier alpha value is -2.64. The lowest BCUT2D eigenvalue weighted by Gasteiger charge is -2.19. The van der Waals surface area contributed by atoms with Gasteiger partial charge in [0.2, 0.25) is 5.95 Å². The number of aromatic nitrogens is 2. The molecule has 2 atom stereocenters. The van der Waals surface area contributed by atoms with E-state index in [1.165, 1.54) is 44.8 Å². The number of hydrogen-bond acceptors (Lipinski definition) is 6. The maximum Gasteiger partial charge on any atom is 0.222 e. The average molecular weight is 480 g/mol. The Morgan fingerprint density at radius 2 is 1.84 bits per heavy atom. The lowest BCUT2D eigenvalue weighted by atomic mass is 9.97. The summed E-state index contributed by atoms with van der Waals surface area (Å²) in [6, 6.07) is 1.60. The van der Waals surface area contributed by atoms with Crippen molar-refractivity contribution in [3.8, 4) is 11.5 Å². The molecule has 170 valence electrons. The van der Waals surface area contributed by atoms with Crippen molar-refractivity contribution >= 4 is 46.8 Å². The highest BCUT2D eigenvalue weighted by molar-refractivity contribution is 6.39. The molecule has 3 rings (SSSR count). The molecule has 1 aliphatic rings. The number of ketones is 1. The molecule has 32 heavy (non-hydrogen) atoms. The fraction of sp³-hybridized carbons (Fsp3) is 0.348. The zero-order valence-corrected chi connectivity index (χ0v) is 19.3. The predicted octanol–water partition coefficient (Wildman–Crippen LogP) is 5.99. The molecule has 0 radical (unpaired) electrons. The fourth-order valence-electron chi connectivity index (χ4n) is 3.78. The number of hydrogen-bond donors (Lipinski definition) is 1.